The number of aromatic carboxylic acids is 1. The number of hydrogen-bond donors (Lipinski definition) is 2. The van der Waals surface area contributed by atoms with Crippen molar-refractivity contribution in [3.63, 3.8) is 0 Å². The molecule has 2 rings (SSSR count). The highest BCUT2D eigenvalue weighted by Crippen LogP contribution is 2.22. The second-order valence-electron chi connectivity index (χ2n) is 3.77. The Bertz CT molecular complexity index is 597. The van der Waals surface area contributed by atoms with Gasteiger partial charge in [-0.3, -0.25) is 0 Å². The van der Waals surface area contributed by atoms with Crippen molar-refractivity contribution in [3.05, 3.63) is 45.9 Å². The van der Waals surface area contributed by atoms with Gasteiger partial charge < -0.3 is 15.2 Å². The summed E-state index contributed by atoms with van der Waals surface area (Å²) in [5.74, 6) is -1.19. The molecule has 0 fully saturated rings. The van der Waals surface area contributed by atoms with Gasteiger partial charge in [-0.15, -0.1) is 11.3 Å². The highest BCUT2D eigenvalue weighted by atomic mass is 32.1. The van der Waals surface area contributed by atoms with Crippen LogP contribution in [0.1, 0.15) is 14.5 Å². The zero-order chi connectivity index (χ0) is 13.8. The standard InChI is InChI=1S/C13H12FNO3S/c1-18-11-4-2-8(6-10(11)14)15-7-9-3-5-12(19-9)13(16)17/h2-6,15H,7H2,1H3,(H,16,17). The third-order valence-corrected chi connectivity index (χ3v) is 3.56. The number of halogens is 1. The smallest absolute Gasteiger partial charge is 0.345 e. The molecule has 0 amide bonds. The third kappa shape index (κ3) is 3.23. The molecule has 1 aromatic heterocycles. The second kappa shape index (κ2) is 5.71. The van der Waals surface area contributed by atoms with Crippen molar-refractivity contribution in [1.29, 1.82) is 0 Å². The lowest BCUT2D eigenvalue weighted by molar-refractivity contribution is 0.0702. The predicted molar refractivity (Wildman–Crippen MR) is 71.6 cm³/mol. The minimum Gasteiger partial charge on any atom is -0.494 e. The summed E-state index contributed by atoms with van der Waals surface area (Å²) in [4.78, 5) is 11.9. The predicted octanol–water partition coefficient (Wildman–Crippen LogP) is 3.21. The van der Waals surface area contributed by atoms with E-state index in [0.717, 1.165) is 4.88 Å². The van der Waals surface area contributed by atoms with E-state index in [1.165, 1.54) is 30.6 Å². The molecule has 100 valence electrons. The molecule has 0 aliphatic heterocycles. The van der Waals surface area contributed by atoms with Crippen molar-refractivity contribution in [3.8, 4) is 5.75 Å². The van der Waals surface area contributed by atoms with Gasteiger partial charge in [-0.25, -0.2) is 9.18 Å². The van der Waals surface area contributed by atoms with Crippen LogP contribution >= 0.6 is 11.3 Å². The van der Waals surface area contributed by atoms with E-state index < -0.39 is 11.8 Å². The van der Waals surface area contributed by atoms with Gasteiger partial charge in [-0.1, -0.05) is 0 Å². The zero-order valence-corrected chi connectivity index (χ0v) is 11.0. The third-order valence-electron chi connectivity index (χ3n) is 2.49. The van der Waals surface area contributed by atoms with Crippen LogP contribution in [0.25, 0.3) is 0 Å². The van der Waals surface area contributed by atoms with Crippen LogP contribution in [0.15, 0.2) is 30.3 Å². The molecule has 0 bridgehead atoms. The summed E-state index contributed by atoms with van der Waals surface area (Å²) in [6.45, 7) is 0.448. The average molecular weight is 281 g/mol. The van der Waals surface area contributed by atoms with Gasteiger partial charge in [0.15, 0.2) is 11.6 Å². The van der Waals surface area contributed by atoms with Crippen LogP contribution in [0, 0.1) is 5.82 Å². The highest BCUT2D eigenvalue weighted by Gasteiger charge is 2.07. The van der Waals surface area contributed by atoms with Gasteiger partial charge in [-0.05, 0) is 24.3 Å². The lowest BCUT2D eigenvalue weighted by Crippen LogP contribution is -1.98. The molecule has 4 nitrogen and oxygen atoms in total. The first-order chi connectivity index (χ1) is 9.10. The summed E-state index contributed by atoms with van der Waals surface area (Å²) < 4.78 is 18.3. The van der Waals surface area contributed by atoms with E-state index in [4.69, 9.17) is 9.84 Å². The van der Waals surface area contributed by atoms with Gasteiger partial charge in [0.05, 0.1) is 7.11 Å². The van der Waals surface area contributed by atoms with Crippen molar-refractivity contribution in [2.75, 3.05) is 12.4 Å². The maximum Gasteiger partial charge on any atom is 0.345 e. The first-order valence-electron chi connectivity index (χ1n) is 5.49. The van der Waals surface area contributed by atoms with E-state index in [1.807, 2.05) is 0 Å². The van der Waals surface area contributed by atoms with Crippen LogP contribution in [0.3, 0.4) is 0 Å². The van der Waals surface area contributed by atoms with Crippen molar-refractivity contribution < 1.29 is 19.0 Å². The average Bonchev–Trinajstić information content (AvgIpc) is 2.85. The van der Waals surface area contributed by atoms with E-state index in [-0.39, 0.29) is 10.6 Å². The Labute approximate surface area is 113 Å². The summed E-state index contributed by atoms with van der Waals surface area (Å²) >= 11 is 1.19. The minimum atomic E-state index is -0.938. The molecule has 2 N–H and O–H groups in total. The number of benzene rings is 1. The van der Waals surface area contributed by atoms with E-state index in [9.17, 15) is 9.18 Å². The Morgan fingerprint density at radius 2 is 2.21 bits per heavy atom. The van der Waals surface area contributed by atoms with E-state index in [2.05, 4.69) is 5.32 Å². The zero-order valence-electron chi connectivity index (χ0n) is 10.1. The molecule has 0 saturated carbocycles. The van der Waals surface area contributed by atoms with E-state index in [1.54, 1.807) is 18.2 Å². The largest absolute Gasteiger partial charge is 0.494 e. The number of ether oxygens (including phenoxy) is 1. The fraction of sp³-hybridized carbons (Fsp3) is 0.154. The minimum absolute atomic E-state index is 0.190. The van der Waals surface area contributed by atoms with Crippen molar-refractivity contribution in [1.82, 2.24) is 0 Å². The Balaban J connectivity index is 2.01. The number of carboxylic acid groups (broad SMARTS) is 1. The first-order valence-corrected chi connectivity index (χ1v) is 6.31. The van der Waals surface area contributed by atoms with Gasteiger partial charge in [0, 0.05) is 23.2 Å². The summed E-state index contributed by atoms with van der Waals surface area (Å²) in [6.07, 6.45) is 0. The van der Waals surface area contributed by atoms with Crippen molar-refractivity contribution >= 4 is 23.0 Å². The monoisotopic (exact) mass is 281 g/mol. The first kappa shape index (κ1) is 13.4. The molecule has 1 heterocycles. The molecule has 0 aliphatic rings. The van der Waals surface area contributed by atoms with E-state index in [0.29, 0.717) is 12.2 Å². The van der Waals surface area contributed by atoms with Crippen LogP contribution < -0.4 is 10.1 Å². The van der Waals surface area contributed by atoms with Gasteiger partial charge in [0.2, 0.25) is 0 Å². The maximum absolute atomic E-state index is 13.4. The Morgan fingerprint density at radius 1 is 1.42 bits per heavy atom. The van der Waals surface area contributed by atoms with Crippen LogP contribution in [-0.2, 0) is 6.54 Å². The van der Waals surface area contributed by atoms with Crippen molar-refractivity contribution in [2.45, 2.75) is 6.54 Å². The quantitative estimate of drug-likeness (QED) is 0.883. The molecule has 0 unspecified atom stereocenters. The number of hydrogen-bond acceptors (Lipinski definition) is 4. The van der Waals surface area contributed by atoms with Crippen LogP contribution in [0.5, 0.6) is 5.75 Å². The number of methoxy groups -OCH3 is 1. The molecule has 0 aliphatic carbocycles. The number of rotatable bonds is 5. The number of anilines is 1. The molecule has 6 heteroatoms. The summed E-state index contributed by atoms with van der Waals surface area (Å²) in [6, 6.07) is 7.87. The molecule has 0 atom stereocenters. The molecule has 1 aromatic carbocycles. The Morgan fingerprint density at radius 3 is 2.79 bits per heavy atom. The summed E-state index contributed by atoms with van der Waals surface area (Å²) in [5.41, 5.74) is 0.614. The van der Waals surface area contributed by atoms with E-state index >= 15 is 0 Å². The second-order valence-corrected chi connectivity index (χ2v) is 4.94. The molecule has 0 radical (unpaired) electrons. The number of thiophene rings is 1. The Hall–Kier alpha value is -2.08. The SMILES string of the molecule is COc1ccc(NCc2ccc(C(=O)O)s2)cc1F. The topological polar surface area (TPSA) is 58.6 Å². The lowest BCUT2D eigenvalue weighted by atomic mass is 10.3. The lowest BCUT2D eigenvalue weighted by Gasteiger charge is -2.07. The maximum atomic E-state index is 13.4. The van der Waals surface area contributed by atoms with Gasteiger partial charge in [-0.2, -0.15) is 0 Å². The highest BCUT2D eigenvalue weighted by molar-refractivity contribution is 7.13. The van der Waals surface area contributed by atoms with Gasteiger partial charge in [0.1, 0.15) is 4.88 Å². The number of carbonyl (C=O) groups is 1. The van der Waals surface area contributed by atoms with Crippen LogP contribution in [0.4, 0.5) is 10.1 Å². The molecule has 0 spiro atoms. The Kier molecular flexibility index (Phi) is 4.01. The fourth-order valence-corrected chi connectivity index (χ4v) is 2.34. The van der Waals surface area contributed by atoms with Gasteiger partial charge in [0.25, 0.3) is 0 Å². The van der Waals surface area contributed by atoms with Crippen molar-refractivity contribution in [2.24, 2.45) is 0 Å². The van der Waals surface area contributed by atoms with Crippen LogP contribution in [-0.4, -0.2) is 18.2 Å². The normalized spacial score (nSPS) is 10.2. The van der Waals surface area contributed by atoms with Gasteiger partial charge >= 0.3 is 5.97 Å². The fourth-order valence-electron chi connectivity index (χ4n) is 1.55. The molecular formula is C13H12FNO3S. The van der Waals surface area contributed by atoms with Crippen LogP contribution in [0.2, 0.25) is 0 Å². The molecule has 0 saturated heterocycles. The molecule has 19 heavy (non-hydrogen) atoms. The summed E-state index contributed by atoms with van der Waals surface area (Å²) in [5, 5.41) is 11.8. The number of nitrogens with one attached hydrogen (secondary N) is 1. The molecular weight excluding hydrogens is 269 g/mol. The number of carboxylic acids is 1. The molecule has 2 aromatic rings. The summed E-state index contributed by atoms with van der Waals surface area (Å²) in [7, 11) is 1.41.